The van der Waals surface area contributed by atoms with Crippen LogP contribution < -0.4 is 10.6 Å². The van der Waals surface area contributed by atoms with Crippen LogP contribution in [0.3, 0.4) is 0 Å². The Morgan fingerprint density at radius 1 is 1.30 bits per heavy atom. The number of benzene rings is 1. The van der Waals surface area contributed by atoms with E-state index in [0.717, 1.165) is 17.2 Å². The first-order chi connectivity index (χ1) is 10.7. The average Bonchev–Trinajstić information content (AvgIpc) is 2.95. The summed E-state index contributed by atoms with van der Waals surface area (Å²) in [5.41, 5.74) is 3.09. The third kappa shape index (κ3) is 4.70. The van der Waals surface area contributed by atoms with Gasteiger partial charge in [0.1, 0.15) is 6.26 Å². The lowest BCUT2D eigenvalue weighted by molar-refractivity contribution is 0.379. The predicted octanol–water partition coefficient (Wildman–Crippen LogP) is 3.49. The van der Waals surface area contributed by atoms with E-state index in [4.69, 9.17) is 4.42 Å². The highest BCUT2D eigenvalue weighted by Gasteiger charge is 2.18. The molecule has 2 N–H and O–H groups in total. The molecule has 0 spiro atoms. The summed E-state index contributed by atoms with van der Waals surface area (Å²) in [5, 5.41) is 6.67. The van der Waals surface area contributed by atoms with Crippen molar-refractivity contribution in [1.29, 1.82) is 0 Å². The van der Waals surface area contributed by atoms with E-state index in [0.29, 0.717) is 18.5 Å². The lowest BCUT2D eigenvalue weighted by Crippen LogP contribution is -2.46. The first-order valence-corrected chi connectivity index (χ1v) is 7.73. The van der Waals surface area contributed by atoms with E-state index in [1.165, 1.54) is 24.8 Å². The van der Waals surface area contributed by atoms with Gasteiger partial charge >= 0.3 is 0 Å². The normalized spacial score (nSPS) is 14.8. The van der Waals surface area contributed by atoms with Crippen LogP contribution in [0, 0.1) is 6.92 Å². The Morgan fingerprint density at radius 2 is 2.04 bits per heavy atom. The number of rotatable bonds is 4. The Labute approximate surface area is 154 Å². The number of aliphatic imine (C=N–C) groups is 1. The van der Waals surface area contributed by atoms with E-state index in [1.807, 2.05) is 12.1 Å². The van der Waals surface area contributed by atoms with Crippen LogP contribution in [0.1, 0.15) is 30.5 Å². The molecule has 0 saturated heterocycles. The molecule has 0 bridgehead atoms. The number of halogens is 1. The Morgan fingerprint density at radius 3 is 2.65 bits per heavy atom. The van der Waals surface area contributed by atoms with E-state index in [1.54, 1.807) is 13.3 Å². The monoisotopic (exact) mass is 426 g/mol. The quantitative estimate of drug-likeness (QED) is 0.447. The van der Waals surface area contributed by atoms with Gasteiger partial charge in [-0.2, -0.15) is 0 Å². The summed E-state index contributed by atoms with van der Waals surface area (Å²) in [6.07, 6.45) is 5.45. The van der Waals surface area contributed by atoms with E-state index in [-0.39, 0.29) is 24.0 Å². The van der Waals surface area contributed by atoms with Crippen LogP contribution in [0.2, 0.25) is 0 Å². The lowest BCUT2D eigenvalue weighted by atomic mass is 9.93. The van der Waals surface area contributed by atoms with E-state index < -0.39 is 0 Å². The Hall–Kier alpha value is -1.57. The second kappa shape index (κ2) is 8.33. The molecule has 1 aliphatic rings. The fourth-order valence-electron chi connectivity index (χ4n) is 2.33. The first-order valence-electron chi connectivity index (χ1n) is 7.73. The highest BCUT2D eigenvalue weighted by Crippen LogP contribution is 2.19. The van der Waals surface area contributed by atoms with Crippen LogP contribution in [-0.4, -0.2) is 24.0 Å². The molecule has 1 aromatic carbocycles. The zero-order valence-corrected chi connectivity index (χ0v) is 15.8. The summed E-state index contributed by atoms with van der Waals surface area (Å²) in [6.45, 7) is 2.66. The molecule has 6 heteroatoms. The van der Waals surface area contributed by atoms with Crippen LogP contribution in [-0.2, 0) is 6.54 Å². The minimum Gasteiger partial charge on any atom is -0.444 e. The molecule has 0 amide bonds. The van der Waals surface area contributed by atoms with Crippen molar-refractivity contribution in [2.45, 2.75) is 38.8 Å². The van der Waals surface area contributed by atoms with Crippen molar-refractivity contribution >= 4 is 29.9 Å². The van der Waals surface area contributed by atoms with Crippen LogP contribution in [0.4, 0.5) is 0 Å². The number of hydrogen-bond donors (Lipinski definition) is 2. The van der Waals surface area contributed by atoms with Crippen molar-refractivity contribution in [2.75, 3.05) is 7.05 Å². The number of nitrogens with one attached hydrogen (secondary N) is 2. The average molecular weight is 426 g/mol. The van der Waals surface area contributed by atoms with Crippen molar-refractivity contribution in [3.05, 3.63) is 41.8 Å². The van der Waals surface area contributed by atoms with Crippen LogP contribution in [0.25, 0.3) is 11.5 Å². The minimum absolute atomic E-state index is 0. The Bertz CT molecular complexity index is 647. The molecule has 0 atom stereocenters. The van der Waals surface area contributed by atoms with E-state index in [2.05, 4.69) is 39.7 Å². The van der Waals surface area contributed by atoms with Crippen molar-refractivity contribution in [3.8, 4) is 11.5 Å². The van der Waals surface area contributed by atoms with Gasteiger partial charge in [-0.05, 0) is 38.3 Å². The number of hydrogen-bond acceptors (Lipinski definition) is 3. The molecule has 0 unspecified atom stereocenters. The van der Waals surface area contributed by atoms with Gasteiger partial charge < -0.3 is 15.1 Å². The largest absolute Gasteiger partial charge is 0.444 e. The maximum absolute atomic E-state index is 5.56. The van der Waals surface area contributed by atoms with Crippen molar-refractivity contribution in [1.82, 2.24) is 15.6 Å². The van der Waals surface area contributed by atoms with Gasteiger partial charge in [0, 0.05) is 18.7 Å². The summed E-state index contributed by atoms with van der Waals surface area (Å²) < 4.78 is 5.56. The summed E-state index contributed by atoms with van der Waals surface area (Å²) in [6, 6.07) is 8.72. The maximum atomic E-state index is 5.56. The zero-order chi connectivity index (χ0) is 15.4. The second-order valence-corrected chi connectivity index (χ2v) is 5.71. The predicted molar refractivity (Wildman–Crippen MR) is 103 cm³/mol. The number of aryl methyl sites for hydroxylation is 1. The first kappa shape index (κ1) is 17.8. The summed E-state index contributed by atoms with van der Waals surface area (Å²) in [7, 11) is 1.79. The van der Waals surface area contributed by atoms with Crippen LogP contribution in [0.15, 0.2) is 39.9 Å². The highest BCUT2D eigenvalue weighted by molar-refractivity contribution is 14.0. The molecule has 23 heavy (non-hydrogen) atoms. The minimum atomic E-state index is 0. The molecule has 1 fully saturated rings. The summed E-state index contributed by atoms with van der Waals surface area (Å²) >= 11 is 0. The molecule has 0 aliphatic heterocycles. The number of oxazole rings is 1. The van der Waals surface area contributed by atoms with Gasteiger partial charge in [-0.3, -0.25) is 4.99 Å². The molecule has 124 valence electrons. The fraction of sp³-hybridized carbons (Fsp3) is 0.412. The fourth-order valence-corrected chi connectivity index (χ4v) is 2.33. The SMILES string of the molecule is CN=C(NCc1coc(-c2ccc(C)cc2)n1)NC1CCC1.I. The van der Waals surface area contributed by atoms with Gasteiger partial charge in [0.15, 0.2) is 5.96 Å². The van der Waals surface area contributed by atoms with Gasteiger partial charge in [-0.1, -0.05) is 17.7 Å². The third-order valence-electron chi connectivity index (χ3n) is 3.96. The highest BCUT2D eigenvalue weighted by atomic mass is 127. The third-order valence-corrected chi connectivity index (χ3v) is 3.96. The molecule has 1 aromatic heterocycles. The number of aromatic nitrogens is 1. The molecular formula is C17H23IN4O. The lowest BCUT2D eigenvalue weighted by Gasteiger charge is -2.28. The molecule has 3 rings (SSSR count). The molecular weight excluding hydrogens is 403 g/mol. The van der Waals surface area contributed by atoms with E-state index in [9.17, 15) is 0 Å². The standard InChI is InChI=1S/C17H22N4O.HI/c1-12-6-8-13(9-7-12)16-20-15(11-22-16)10-19-17(18-2)21-14-4-3-5-14;/h6-9,11,14H,3-5,10H2,1-2H3,(H2,18,19,21);1H. The Balaban J connectivity index is 0.00000192. The Kier molecular flexibility index (Phi) is 6.44. The van der Waals surface area contributed by atoms with Crippen molar-refractivity contribution in [2.24, 2.45) is 4.99 Å². The summed E-state index contributed by atoms with van der Waals surface area (Å²) in [4.78, 5) is 8.75. The topological polar surface area (TPSA) is 62.5 Å². The second-order valence-electron chi connectivity index (χ2n) is 5.71. The molecule has 2 aromatic rings. The van der Waals surface area contributed by atoms with Crippen LogP contribution >= 0.6 is 24.0 Å². The van der Waals surface area contributed by atoms with Crippen LogP contribution in [0.5, 0.6) is 0 Å². The zero-order valence-electron chi connectivity index (χ0n) is 13.5. The van der Waals surface area contributed by atoms with Gasteiger partial charge in [0.25, 0.3) is 0 Å². The molecule has 1 saturated carbocycles. The van der Waals surface area contributed by atoms with Gasteiger partial charge in [0.05, 0.1) is 12.2 Å². The molecule has 1 heterocycles. The maximum Gasteiger partial charge on any atom is 0.226 e. The number of guanidine groups is 1. The smallest absolute Gasteiger partial charge is 0.226 e. The molecule has 1 aliphatic carbocycles. The van der Waals surface area contributed by atoms with Gasteiger partial charge in [-0.15, -0.1) is 24.0 Å². The molecule has 5 nitrogen and oxygen atoms in total. The van der Waals surface area contributed by atoms with Crippen molar-refractivity contribution < 1.29 is 4.42 Å². The van der Waals surface area contributed by atoms with Crippen molar-refractivity contribution in [3.63, 3.8) is 0 Å². The molecule has 0 radical (unpaired) electrons. The number of nitrogens with zero attached hydrogens (tertiary/aromatic N) is 2. The van der Waals surface area contributed by atoms with Gasteiger partial charge in [0.2, 0.25) is 5.89 Å². The van der Waals surface area contributed by atoms with Gasteiger partial charge in [-0.25, -0.2) is 4.98 Å². The summed E-state index contributed by atoms with van der Waals surface area (Å²) in [5.74, 6) is 1.48. The van der Waals surface area contributed by atoms with E-state index >= 15 is 0 Å².